The number of hydrogen-bond donors (Lipinski definition) is 2. The molecule has 0 saturated carbocycles. The maximum atomic E-state index is 13.2. The van der Waals surface area contributed by atoms with Crippen molar-refractivity contribution in [2.45, 2.75) is 13.8 Å². The summed E-state index contributed by atoms with van der Waals surface area (Å²) in [6.45, 7) is 3.55. The van der Waals surface area contributed by atoms with Gasteiger partial charge in [-0.05, 0) is 37.6 Å². The summed E-state index contributed by atoms with van der Waals surface area (Å²) in [5.74, 6) is 0.470. The average molecular weight is 278 g/mol. The summed E-state index contributed by atoms with van der Waals surface area (Å²) in [4.78, 5) is 0.284. The molecule has 0 saturated heterocycles. The molecule has 0 fully saturated rings. The molecule has 0 spiro atoms. The quantitative estimate of drug-likeness (QED) is 0.847. The van der Waals surface area contributed by atoms with Gasteiger partial charge >= 0.3 is 0 Å². The fourth-order valence-corrected chi connectivity index (χ4v) is 2.20. The number of hydrogen-bond acceptors (Lipinski definition) is 3. The zero-order valence-electron chi connectivity index (χ0n) is 11.0. The van der Waals surface area contributed by atoms with Crippen LogP contribution in [0.3, 0.4) is 0 Å². The lowest BCUT2D eigenvalue weighted by Crippen LogP contribution is -2.13. The maximum Gasteiger partial charge on any atom is 0.138 e. The Morgan fingerprint density at radius 3 is 2.68 bits per heavy atom. The lowest BCUT2D eigenvalue weighted by Gasteiger charge is -2.10. The predicted molar refractivity (Wildman–Crippen MR) is 78.3 cm³/mol. The SMILES string of the molecule is Cc1cc(Nc2c(C(N)=S)c(C)nn2C)ccc1F. The lowest BCUT2D eigenvalue weighted by atomic mass is 10.2. The van der Waals surface area contributed by atoms with Gasteiger partial charge in [0.25, 0.3) is 0 Å². The topological polar surface area (TPSA) is 55.9 Å². The first kappa shape index (κ1) is 13.5. The number of aryl methyl sites for hydroxylation is 3. The third-order valence-electron chi connectivity index (χ3n) is 2.89. The van der Waals surface area contributed by atoms with E-state index in [1.54, 1.807) is 30.8 Å². The minimum Gasteiger partial charge on any atom is -0.389 e. The van der Waals surface area contributed by atoms with Crippen molar-refractivity contribution in [3.05, 3.63) is 40.8 Å². The highest BCUT2D eigenvalue weighted by molar-refractivity contribution is 7.80. The van der Waals surface area contributed by atoms with Crippen LogP contribution < -0.4 is 11.1 Å². The van der Waals surface area contributed by atoms with Crippen LogP contribution in [0, 0.1) is 19.7 Å². The van der Waals surface area contributed by atoms with E-state index in [9.17, 15) is 4.39 Å². The first-order chi connectivity index (χ1) is 8.90. The molecule has 6 heteroatoms. The summed E-state index contributed by atoms with van der Waals surface area (Å²) < 4.78 is 14.9. The van der Waals surface area contributed by atoms with Crippen molar-refractivity contribution in [2.24, 2.45) is 12.8 Å². The molecule has 0 atom stereocenters. The summed E-state index contributed by atoms with van der Waals surface area (Å²) in [7, 11) is 1.80. The second-order valence-corrected chi connectivity index (χ2v) is 4.83. The summed E-state index contributed by atoms with van der Waals surface area (Å²) in [6.07, 6.45) is 0. The van der Waals surface area contributed by atoms with E-state index in [1.807, 2.05) is 6.92 Å². The molecule has 2 rings (SSSR count). The lowest BCUT2D eigenvalue weighted by molar-refractivity contribution is 0.619. The van der Waals surface area contributed by atoms with Crippen molar-refractivity contribution in [1.29, 1.82) is 0 Å². The van der Waals surface area contributed by atoms with Crippen molar-refractivity contribution in [3.8, 4) is 0 Å². The molecule has 4 nitrogen and oxygen atoms in total. The molecule has 0 radical (unpaired) electrons. The van der Waals surface area contributed by atoms with Gasteiger partial charge in [0.05, 0.1) is 11.3 Å². The minimum absolute atomic E-state index is 0.235. The number of aromatic nitrogens is 2. The summed E-state index contributed by atoms with van der Waals surface area (Å²) in [5.41, 5.74) is 8.52. The normalized spacial score (nSPS) is 10.5. The molecular formula is C13H15FN4S. The van der Waals surface area contributed by atoms with Crippen molar-refractivity contribution in [2.75, 3.05) is 5.32 Å². The monoisotopic (exact) mass is 278 g/mol. The third-order valence-corrected chi connectivity index (χ3v) is 3.09. The Labute approximate surface area is 116 Å². The zero-order valence-corrected chi connectivity index (χ0v) is 11.8. The van der Waals surface area contributed by atoms with Crippen molar-refractivity contribution in [1.82, 2.24) is 9.78 Å². The third kappa shape index (κ3) is 2.58. The van der Waals surface area contributed by atoms with Gasteiger partial charge in [-0.25, -0.2) is 4.39 Å². The molecule has 0 amide bonds. The number of nitrogens with one attached hydrogen (secondary N) is 1. The standard InChI is InChI=1S/C13H15FN4S/c1-7-6-9(4-5-10(7)14)16-13-11(12(15)19)8(2)17-18(13)3/h4-6,16H,1-3H3,(H2,15,19). The van der Waals surface area contributed by atoms with Crippen LogP contribution in [0.5, 0.6) is 0 Å². The highest BCUT2D eigenvalue weighted by atomic mass is 32.1. The molecule has 1 aromatic carbocycles. The van der Waals surface area contributed by atoms with Gasteiger partial charge in [-0.2, -0.15) is 5.10 Å². The molecule has 19 heavy (non-hydrogen) atoms. The van der Waals surface area contributed by atoms with Crippen LogP contribution in [0.15, 0.2) is 18.2 Å². The second kappa shape index (κ2) is 4.97. The van der Waals surface area contributed by atoms with Gasteiger partial charge < -0.3 is 11.1 Å². The fourth-order valence-electron chi connectivity index (χ4n) is 1.96. The molecule has 1 aromatic heterocycles. The van der Waals surface area contributed by atoms with Gasteiger partial charge in [0.15, 0.2) is 0 Å². The Kier molecular flexibility index (Phi) is 3.53. The number of nitrogens with two attached hydrogens (primary N) is 1. The molecule has 1 heterocycles. The van der Waals surface area contributed by atoms with E-state index in [2.05, 4.69) is 10.4 Å². The van der Waals surface area contributed by atoms with Crippen LogP contribution in [0.2, 0.25) is 0 Å². The first-order valence-electron chi connectivity index (χ1n) is 5.76. The van der Waals surface area contributed by atoms with E-state index in [-0.39, 0.29) is 10.8 Å². The van der Waals surface area contributed by atoms with Gasteiger partial charge in [-0.3, -0.25) is 4.68 Å². The van der Waals surface area contributed by atoms with Gasteiger partial charge in [-0.1, -0.05) is 12.2 Å². The number of nitrogens with zero attached hydrogens (tertiary/aromatic N) is 2. The second-order valence-electron chi connectivity index (χ2n) is 4.39. The number of halogens is 1. The first-order valence-corrected chi connectivity index (χ1v) is 6.17. The van der Waals surface area contributed by atoms with Crippen LogP contribution in [0.4, 0.5) is 15.9 Å². The summed E-state index contributed by atoms with van der Waals surface area (Å²) >= 11 is 5.04. The number of benzene rings is 1. The molecule has 0 aliphatic rings. The number of anilines is 2. The molecule has 2 aromatic rings. The Bertz CT molecular complexity index is 648. The van der Waals surface area contributed by atoms with Crippen LogP contribution in [0.25, 0.3) is 0 Å². The Morgan fingerprint density at radius 2 is 2.11 bits per heavy atom. The van der Waals surface area contributed by atoms with Gasteiger partial charge in [-0.15, -0.1) is 0 Å². The van der Waals surface area contributed by atoms with E-state index in [0.29, 0.717) is 16.9 Å². The van der Waals surface area contributed by atoms with Crippen molar-refractivity contribution >= 4 is 28.7 Å². The van der Waals surface area contributed by atoms with Gasteiger partial charge in [0, 0.05) is 12.7 Å². The number of thiocarbonyl (C=S) groups is 1. The van der Waals surface area contributed by atoms with Crippen molar-refractivity contribution in [3.63, 3.8) is 0 Å². The molecule has 0 unspecified atom stereocenters. The largest absolute Gasteiger partial charge is 0.389 e. The Morgan fingerprint density at radius 1 is 1.42 bits per heavy atom. The van der Waals surface area contributed by atoms with Crippen LogP contribution >= 0.6 is 12.2 Å². The summed E-state index contributed by atoms with van der Waals surface area (Å²) in [6, 6.07) is 4.80. The van der Waals surface area contributed by atoms with E-state index in [1.165, 1.54) is 6.07 Å². The molecule has 3 N–H and O–H groups in total. The van der Waals surface area contributed by atoms with Crippen LogP contribution in [0.1, 0.15) is 16.8 Å². The molecule has 0 aliphatic carbocycles. The molecule has 0 aliphatic heterocycles. The predicted octanol–water partition coefficient (Wildman–Crippen LogP) is 2.55. The highest BCUT2D eigenvalue weighted by Crippen LogP contribution is 2.24. The molecule has 100 valence electrons. The van der Waals surface area contributed by atoms with E-state index in [4.69, 9.17) is 18.0 Å². The molecular weight excluding hydrogens is 263 g/mol. The Balaban J connectivity index is 2.43. The number of rotatable bonds is 3. The van der Waals surface area contributed by atoms with Crippen LogP contribution in [-0.4, -0.2) is 14.8 Å². The zero-order chi connectivity index (χ0) is 14.2. The van der Waals surface area contributed by atoms with Gasteiger partial charge in [0.2, 0.25) is 0 Å². The van der Waals surface area contributed by atoms with E-state index >= 15 is 0 Å². The highest BCUT2D eigenvalue weighted by Gasteiger charge is 2.15. The Hall–Kier alpha value is -1.95. The summed E-state index contributed by atoms with van der Waals surface area (Å²) in [5, 5.41) is 7.46. The average Bonchev–Trinajstić information content (AvgIpc) is 2.59. The molecule has 0 bridgehead atoms. The maximum absolute atomic E-state index is 13.2. The van der Waals surface area contributed by atoms with Gasteiger partial charge in [0.1, 0.15) is 16.6 Å². The van der Waals surface area contributed by atoms with Crippen LogP contribution in [-0.2, 0) is 7.05 Å². The van der Waals surface area contributed by atoms with Crippen molar-refractivity contribution < 1.29 is 4.39 Å². The van der Waals surface area contributed by atoms with E-state index < -0.39 is 0 Å². The minimum atomic E-state index is -0.235. The van der Waals surface area contributed by atoms with E-state index in [0.717, 1.165) is 11.4 Å². The fraction of sp³-hybridized carbons (Fsp3) is 0.231. The smallest absolute Gasteiger partial charge is 0.138 e.